The normalized spacial score (nSPS) is 13.4. The van der Waals surface area contributed by atoms with Gasteiger partial charge in [-0.25, -0.2) is 4.98 Å². The number of benzene rings is 1. The van der Waals surface area contributed by atoms with Crippen LogP contribution in [-0.2, 0) is 16.0 Å². The van der Waals surface area contributed by atoms with Gasteiger partial charge in [0.1, 0.15) is 12.1 Å². The largest absolute Gasteiger partial charge is 0.368 e. The zero-order valence-electron chi connectivity index (χ0n) is 11.3. The fraction of sp³-hybridized carbons (Fsp3) is 0.214. The molecule has 110 valence electrons. The van der Waals surface area contributed by atoms with E-state index in [0.29, 0.717) is 11.3 Å². The van der Waals surface area contributed by atoms with E-state index in [1.165, 1.54) is 6.33 Å². The second-order valence-electron chi connectivity index (χ2n) is 4.63. The zero-order valence-corrected chi connectivity index (χ0v) is 11.3. The number of rotatable bonds is 6. The van der Waals surface area contributed by atoms with Crippen molar-refractivity contribution in [3.63, 3.8) is 0 Å². The van der Waals surface area contributed by atoms with Crippen molar-refractivity contribution in [1.82, 2.24) is 15.3 Å². The molecule has 2 unspecified atom stereocenters. The van der Waals surface area contributed by atoms with Crippen molar-refractivity contribution in [2.75, 3.05) is 0 Å². The molecule has 21 heavy (non-hydrogen) atoms. The van der Waals surface area contributed by atoms with Crippen molar-refractivity contribution in [1.29, 1.82) is 0 Å². The highest BCUT2D eigenvalue weighted by atomic mass is 16.2. The molecule has 1 heterocycles. The van der Waals surface area contributed by atoms with Crippen LogP contribution in [-0.4, -0.2) is 27.8 Å². The Balaban J connectivity index is 2.03. The number of amides is 2. The first-order valence-electron chi connectivity index (χ1n) is 6.45. The van der Waals surface area contributed by atoms with Crippen LogP contribution in [0.5, 0.6) is 0 Å². The van der Waals surface area contributed by atoms with Crippen molar-refractivity contribution >= 4 is 11.8 Å². The lowest BCUT2D eigenvalue weighted by molar-refractivity contribution is -0.128. The van der Waals surface area contributed by atoms with E-state index in [1.807, 2.05) is 6.07 Å². The van der Waals surface area contributed by atoms with Crippen molar-refractivity contribution in [3.8, 4) is 0 Å². The quantitative estimate of drug-likeness (QED) is 0.577. The summed E-state index contributed by atoms with van der Waals surface area (Å²) in [5.74, 6) is -1.08. The summed E-state index contributed by atoms with van der Waals surface area (Å²) < 4.78 is 0. The van der Waals surface area contributed by atoms with Gasteiger partial charge in [0, 0.05) is 18.3 Å². The predicted molar refractivity (Wildman–Crippen MR) is 76.8 cm³/mol. The monoisotopic (exact) mass is 287 g/mol. The molecule has 0 aliphatic carbocycles. The van der Waals surface area contributed by atoms with Crippen LogP contribution < -0.4 is 16.8 Å². The molecule has 1 aromatic heterocycles. The van der Waals surface area contributed by atoms with Crippen molar-refractivity contribution in [3.05, 3.63) is 54.1 Å². The van der Waals surface area contributed by atoms with Gasteiger partial charge in [0.25, 0.3) is 0 Å². The third kappa shape index (κ3) is 3.90. The van der Waals surface area contributed by atoms with Crippen LogP contribution in [0.15, 0.2) is 42.9 Å². The van der Waals surface area contributed by atoms with Crippen LogP contribution in [0.2, 0.25) is 0 Å². The number of carbonyl (C=O) groups is 2. The Morgan fingerprint density at radius 2 is 2.00 bits per heavy atom. The van der Waals surface area contributed by atoms with E-state index < -0.39 is 23.9 Å². The SMILES string of the molecule is NC(=O)C(Cc1cnc[nH]1)NC(=O)C(N)c1ccccc1. The fourth-order valence-electron chi connectivity index (χ4n) is 1.91. The summed E-state index contributed by atoms with van der Waals surface area (Å²) in [6, 6.07) is 7.22. The van der Waals surface area contributed by atoms with E-state index >= 15 is 0 Å². The van der Waals surface area contributed by atoms with Gasteiger partial charge >= 0.3 is 0 Å². The predicted octanol–water partition coefficient (Wildman–Crippen LogP) is -0.378. The summed E-state index contributed by atoms with van der Waals surface area (Å²) >= 11 is 0. The summed E-state index contributed by atoms with van der Waals surface area (Å²) in [5.41, 5.74) is 12.6. The Hall–Kier alpha value is -2.67. The molecule has 0 spiro atoms. The number of primary amides is 1. The van der Waals surface area contributed by atoms with Gasteiger partial charge in [0.15, 0.2) is 0 Å². The Labute approximate surface area is 121 Å². The van der Waals surface area contributed by atoms with Crippen molar-refractivity contribution < 1.29 is 9.59 Å². The molecule has 0 fully saturated rings. The first-order chi connectivity index (χ1) is 10.1. The van der Waals surface area contributed by atoms with Gasteiger partial charge < -0.3 is 21.8 Å². The third-order valence-corrected chi connectivity index (χ3v) is 3.08. The molecule has 7 nitrogen and oxygen atoms in total. The number of imidazole rings is 1. The number of nitrogens with one attached hydrogen (secondary N) is 2. The van der Waals surface area contributed by atoms with Crippen LogP contribution in [0.1, 0.15) is 17.3 Å². The van der Waals surface area contributed by atoms with Crippen LogP contribution in [0.3, 0.4) is 0 Å². The van der Waals surface area contributed by atoms with Gasteiger partial charge in [-0.3, -0.25) is 9.59 Å². The highest BCUT2D eigenvalue weighted by Crippen LogP contribution is 2.10. The molecule has 2 atom stereocenters. The maximum atomic E-state index is 12.1. The van der Waals surface area contributed by atoms with Gasteiger partial charge in [0.2, 0.25) is 11.8 Å². The number of aromatic nitrogens is 2. The van der Waals surface area contributed by atoms with E-state index in [1.54, 1.807) is 30.5 Å². The van der Waals surface area contributed by atoms with Crippen molar-refractivity contribution in [2.24, 2.45) is 11.5 Å². The minimum atomic E-state index is -0.852. The van der Waals surface area contributed by atoms with Gasteiger partial charge in [-0.1, -0.05) is 30.3 Å². The first-order valence-corrected chi connectivity index (χ1v) is 6.45. The number of nitrogens with zero attached hydrogens (tertiary/aromatic N) is 1. The second-order valence-corrected chi connectivity index (χ2v) is 4.63. The topological polar surface area (TPSA) is 127 Å². The number of hydrogen-bond donors (Lipinski definition) is 4. The zero-order chi connectivity index (χ0) is 15.2. The summed E-state index contributed by atoms with van der Waals surface area (Å²) in [6.45, 7) is 0. The van der Waals surface area contributed by atoms with Gasteiger partial charge in [-0.05, 0) is 5.56 Å². The Morgan fingerprint density at radius 1 is 1.29 bits per heavy atom. The van der Waals surface area contributed by atoms with Gasteiger partial charge in [-0.15, -0.1) is 0 Å². The Bertz CT molecular complexity index is 597. The number of H-pyrrole nitrogens is 1. The molecular formula is C14H17N5O2. The van der Waals surface area contributed by atoms with Gasteiger partial charge in [-0.2, -0.15) is 0 Å². The smallest absolute Gasteiger partial charge is 0.242 e. The Morgan fingerprint density at radius 3 is 2.57 bits per heavy atom. The summed E-state index contributed by atoms with van der Waals surface area (Å²) in [5, 5.41) is 2.57. The highest BCUT2D eigenvalue weighted by Gasteiger charge is 2.23. The standard InChI is InChI=1S/C14H17N5O2/c15-12(9-4-2-1-3-5-9)14(21)19-11(13(16)20)6-10-7-17-8-18-10/h1-5,7-8,11-12H,6,15H2,(H2,16,20)(H,17,18)(H,19,21). The molecule has 0 aliphatic heterocycles. The lowest BCUT2D eigenvalue weighted by Gasteiger charge is -2.18. The van der Waals surface area contributed by atoms with E-state index in [0.717, 1.165) is 0 Å². The summed E-state index contributed by atoms with van der Waals surface area (Å²) in [4.78, 5) is 30.3. The van der Waals surface area contributed by atoms with E-state index in [2.05, 4.69) is 15.3 Å². The van der Waals surface area contributed by atoms with Crippen LogP contribution in [0, 0.1) is 0 Å². The first kappa shape index (κ1) is 14.7. The molecule has 0 bridgehead atoms. The molecule has 2 aromatic rings. The highest BCUT2D eigenvalue weighted by molar-refractivity contribution is 5.89. The number of carbonyl (C=O) groups excluding carboxylic acids is 2. The molecule has 7 heteroatoms. The maximum Gasteiger partial charge on any atom is 0.242 e. The molecular weight excluding hydrogens is 270 g/mol. The molecule has 2 rings (SSSR count). The molecule has 0 aliphatic rings. The minimum absolute atomic E-state index is 0.239. The minimum Gasteiger partial charge on any atom is -0.368 e. The van der Waals surface area contributed by atoms with Crippen molar-refractivity contribution in [2.45, 2.75) is 18.5 Å². The van der Waals surface area contributed by atoms with E-state index in [4.69, 9.17) is 11.5 Å². The van der Waals surface area contributed by atoms with Gasteiger partial charge in [0.05, 0.1) is 6.33 Å². The van der Waals surface area contributed by atoms with E-state index in [9.17, 15) is 9.59 Å². The summed E-state index contributed by atoms with van der Waals surface area (Å²) in [7, 11) is 0. The van der Waals surface area contributed by atoms with E-state index in [-0.39, 0.29) is 6.42 Å². The number of aromatic amines is 1. The maximum absolute atomic E-state index is 12.1. The average Bonchev–Trinajstić information content (AvgIpc) is 2.99. The average molecular weight is 287 g/mol. The number of nitrogens with two attached hydrogens (primary N) is 2. The molecule has 0 radical (unpaired) electrons. The fourth-order valence-corrected chi connectivity index (χ4v) is 1.91. The Kier molecular flexibility index (Phi) is 4.68. The molecule has 0 saturated carbocycles. The van der Waals surface area contributed by atoms with Crippen LogP contribution in [0.4, 0.5) is 0 Å². The molecule has 1 aromatic carbocycles. The van der Waals surface area contributed by atoms with Crippen LogP contribution >= 0.6 is 0 Å². The molecule has 0 saturated heterocycles. The lowest BCUT2D eigenvalue weighted by atomic mass is 10.1. The molecule has 6 N–H and O–H groups in total. The number of hydrogen-bond acceptors (Lipinski definition) is 4. The third-order valence-electron chi connectivity index (χ3n) is 3.08. The summed E-state index contributed by atoms with van der Waals surface area (Å²) in [6.07, 6.45) is 3.30. The lowest BCUT2D eigenvalue weighted by Crippen LogP contribution is -2.48. The second kappa shape index (κ2) is 6.67. The van der Waals surface area contributed by atoms with Crippen LogP contribution in [0.25, 0.3) is 0 Å². The molecule has 2 amide bonds.